The molecule has 0 atom stereocenters. The van der Waals surface area contributed by atoms with Crippen molar-refractivity contribution in [2.24, 2.45) is 0 Å². The highest BCUT2D eigenvalue weighted by Gasteiger charge is 2.21. The minimum atomic E-state index is -2.94. The number of nitrogens with zero attached hydrogens (tertiary/aromatic N) is 2. The molecular formula is C9H8F2N2O4. The van der Waals surface area contributed by atoms with Crippen LogP contribution in [0.25, 0.3) is 0 Å². The van der Waals surface area contributed by atoms with Crippen molar-refractivity contribution >= 4 is 11.8 Å². The minimum absolute atomic E-state index is 0.0638. The second kappa shape index (κ2) is 5.28. The molecule has 0 spiro atoms. The van der Waals surface area contributed by atoms with Gasteiger partial charge in [-0.15, -0.1) is 0 Å². The highest BCUT2D eigenvalue weighted by Crippen LogP contribution is 2.21. The molecule has 6 nitrogen and oxygen atoms in total. The molecule has 0 bridgehead atoms. The number of aromatic nitrogens is 1. The quantitative estimate of drug-likeness (QED) is 0.458. The summed E-state index contributed by atoms with van der Waals surface area (Å²) < 4.78 is 29.2. The molecule has 1 rings (SSSR count). The van der Waals surface area contributed by atoms with E-state index in [1.165, 1.54) is 0 Å². The Morgan fingerprint density at radius 3 is 2.71 bits per heavy atom. The van der Waals surface area contributed by atoms with Gasteiger partial charge in [-0.05, 0) is 21.5 Å². The van der Waals surface area contributed by atoms with Gasteiger partial charge < -0.3 is 14.9 Å². The monoisotopic (exact) mass is 246 g/mol. The summed E-state index contributed by atoms with van der Waals surface area (Å²) in [5.41, 5.74) is -0.674. The molecule has 1 aromatic heterocycles. The summed E-state index contributed by atoms with van der Waals surface area (Å²) in [6.07, 6.45) is -3.26. The van der Waals surface area contributed by atoms with Crippen molar-refractivity contribution in [3.63, 3.8) is 0 Å². The second-order valence-electron chi connectivity index (χ2n) is 3.07. The van der Waals surface area contributed by atoms with Gasteiger partial charge in [0.1, 0.15) is 0 Å². The van der Waals surface area contributed by atoms with E-state index in [9.17, 15) is 23.7 Å². The normalized spacial score (nSPS) is 10.4. The third-order valence-corrected chi connectivity index (χ3v) is 1.88. The first-order chi connectivity index (χ1) is 7.93. The Kier molecular flexibility index (Phi) is 4.02. The Balaban J connectivity index is 3.12. The Morgan fingerprint density at radius 1 is 1.59 bits per heavy atom. The van der Waals surface area contributed by atoms with E-state index in [0.29, 0.717) is 0 Å². The minimum Gasteiger partial charge on any atom is -0.469 e. The zero-order valence-electron chi connectivity index (χ0n) is 8.72. The average Bonchev–Trinajstić information content (AvgIpc) is 2.28. The van der Waals surface area contributed by atoms with Crippen LogP contribution in [-0.4, -0.2) is 23.0 Å². The van der Waals surface area contributed by atoms with Crippen LogP contribution in [0.1, 0.15) is 17.7 Å². The fraction of sp³-hybridized carbons (Fsp3) is 0.333. The van der Waals surface area contributed by atoms with Crippen molar-refractivity contribution in [3.05, 3.63) is 33.5 Å². The van der Waals surface area contributed by atoms with Crippen molar-refractivity contribution in [2.75, 3.05) is 7.11 Å². The largest absolute Gasteiger partial charge is 0.469 e. The number of hydrogen-bond acceptors (Lipinski definition) is 5. The summed E-state index contributed by atoms with van der Waals surface area (Å²) in [6.45, 7) is 0. The first-order valence-corrected chi connectivity index (χ1v) is 4.44. The van der Waals surface area contributed by atoms with Crippen molar-refractivity contribution in [1.82, 2.24) is 4.98 Å². The lowest BCUT2D eigenvalue weighted by Gasteiger charge is -2.02. The number of ether oxygens (including phenoxy) is 1. The van der Waals surface area contributed by atoms with Crippen LogP contribution >= 0.6 is 0 Å². The van der Waals surface area contributed by atoms with Crippen molar-refractivity contribution in [3.8, 4) is 0 Å². The van der Waals surface area contributed by atoms with Crippen LogP contribution in [0.4, 0.5) is 14.6 Å². The lowest BCUT2D eigenvalue weighted by atomic mass is 10.1. The number of halogens is 2. The first kappa shape index (κ1) is 12.9. The lowest BCUT2D eigenvalue weighted by molar-refractivity contribution is -0.389. The number of alkyl halides is 2. The number of carbonyl (C=O) groups excluding carboxylic acids is 1. The third kappa shape index (κ3) is 3.44. The maximum Gasteiger partial charge on any atom is 0.364 e. The van der Waals surface area contributed by atoms with E-state index in [2.05, 4.69) is 9.72 Å². The van der Waals surface area contributed by atoms with Gasteiger partial charge in [0.15, 0.2) is 0 Å². The predicted octanol–water partition coefficient (Wildman–Crippen LogP) is 1.64. The molecule has 0 N–H and O–H groups in total. The number of pyridine rings is 1. The SMILES string of the molecule is COC(=O)Cc1cc(C(F)F)nc([N+](=O)[O-])c1. The maximum atomic E-state index is 12.4. The Morgan fingerprint density at radius 2 is 2.24 bits per heavy atom. The van der Waals surface area contributed by atoms with Gasteiger partial charge in [0.2, 0.25) is 5.69 Å². The summed E-state index contributed by atoms with van der Waals surface area (Å²) in [5.74, 6) is -1.40. The van der Waals surface area contributed by atoms with Crippen LogP contribution in [0.3, 0.4) is 0 Å². The van der Waals surface area contributed by atoms with Gasteiger partial charge in [-0.25, -0.2) is 8.78 Å². The molecule has 1 heterocycles. The van der Waals surface area contributed by atoms with E-state index < -0.39 is 28.8 Å². The number of methoxy groups -OCH3 is 1. The smallest absolute Gasteiger partial charge is 0.364 e. The van der Waals surface area contributed by atoms with E-state index in [1.807, 2.05) is 0 Å². The summed E-state index contributed by atoms with van der Waals surface area (Å²) >= 11 is 0. The third-order valence-electron chi connectivity index (χ3n) is 1.88. The van der Waals surface area contributed by atoms with Gasteiger partial charge >= 0.3 is 18.2 Å². The van der Waals surface area contributed by atoms with E-state index in [1.54, 1.807) is 0 Å². The molecule has 0 saturated heterocycles. The summed E-state index contributed by atoms with van der Waals surface area (Å²) in [5, 5.41) is 10.5. The van der Waals surface area contributed by atoms with Crippen LogP contribution in [0.2, 0.25) is 0 Å². The van der Waals surface area contributed by atoms with Gasteiger partial charge in [-0.1, -0.05) is 0 Å². The molecule has 8 heteroatoms. The topological polar surface area (TPSA) is 82.3 Å². The zero-order chi connectivity index (χ0) is 13.0. The Labute approximate surface area is 94.4 Å². The van der Waals surface area contributed by atoms with Gasteiger partial charge in [-0.2, -0.15) is 0 Å². The summed E-state index contributed by atoms with van der Waals surface area (Å²) in [7, 11) is 1.13. The fourth-order valence-electron chi connectivity index (χ4n) is 1.14. The standard InChI is InChI=1S/C9H8F2N2O4/c1-17-8(14)4-5-2-6(9(10)11)12-7(3-5)13(15)16/h2-3,9H,4H2,1H3. The highest BCUT2D eigenvalue weighted by atomic mass is 19.3. The number of nitro groups is 1. The molecule has 0 radical (unpaired) electrons. The highest BCUT2D eigenvalue weighted by molar-refractivity contribution is 5.72. The van der Waals surface area contributed by atoms with Crippen molar-refractivity contribution in [2.45, 2.75) is 12.8 Å². The average molecular weight is 246 g/mol. The van der Waals surface area contributed by atoms with Gasteiger partial charge in [-0.3, -0.25) is 4.79 Å². The van der Waals surface area contributed by atoms with E-state index in [-0.39, 0.29) is 12.0 Å². The maximum absolute atomic E-state index is 12.4. The molecule has 0 fully saturated rings. The second-order valence-corrected chi connectivity index (χ2v) is 3.07. The number of carbonyl (C=O) groups is 1. The van der Waals surface area contributed by atoms with E-state index >= 15 is 0 Å². The molecule has 0 aliphatic carbocycles. The predicted molar refractivity (Wildman–Crippen MR) is 51.6 cm³/mol. The van der Waals surface area contributed by atoms with Gasteiger partial charge in [0.25, 0.3) is 0 Å². The lowest BCUT2D eigenvalue weighted by Crippen LogP contribution is -2.07. The van der Waals surface area contributed by atoms with Crippen molar-refractivity contribution in [1.29, 1.82) is 0 Å². The summed E-state index contributed by atoms with van der Waals surface area (Å²) in [6, 6.07) is 1.90. The number of esters is 1. The van der Waals surface area contributed by atoms with Gasteiger partial charge in [0.05, 0.1) is 13.5 Å². The molecule has 0 unspecified atom stereocenters. The van der Waals surface area contributed by atoms with Crippen molar-refractivity contribution < 1.29 is 23.2 Å². The molecule has 17 heavy (non-hydrogen) atoms. The van der Waals surface area contributed by atoms with Crippen LogP contribution in [0.15, 0.2) is 12.1 Å². The van der Waals surface area contributed by atoms with Gasteiger partial charge in [0, 0.05) is 6.07 Å². The Bertz CT molecular complexity index is 451. The molecular weight excluding hydrogens is 238 g/mol. The molecule has 0 aliphatic heterocycles. The zero-order valence-corrected chi connectivity index (χ0v) is 8.72. The van der Waals surface area contributed by atoms with E-state index in [4.69, 9.17) is 0 Å². The number of rotatable bonds is 4. The molecule has 92 valence electrons. The fourth-order valence-corrected chi connectivity index (χ4v) is 1.14. The van der Waals surface area contributed by atoms with E-state index in [0.717, 1.165) is 19.2 Å². The molecule has 0 aromatic carbocycles. The Hall–Kier alpha value is -2.12. The van der Waals surface area contributed by atoms with Crippen LogP contribution in [0.5, 0.6) is 0 Å². The van der Waals surface area contributed by atoms with Crippen LogP contribution in [-0.2, 0) is 16.0 Å². The number of hydrogen-bond donors (Lipinski definition) is 0. The molecule has 0 saturated carbocycles. The molecule has 0 amide bonds. The summed E-state index contributed by atoms with van der Waals surface area (Å²) in [4.78, 5) is 23.7. The molecule has 1 aromatic rings. The molecule has 0 aliphatic rings. The first-order valence-electron chi connectivity index (χ1n) is 4.44. The van der Waals surface area contributed by atoms with Crippen LogP contribution in [0, 0.1) is 10.1 Å². The van der Waals surface area contributed by atoms with Crippen LogP contribution < -0.4 is 0 Å².